The molecule has 1 aliphatic carbocycles. The maximum absolute atomic E-state index is 4.82. The first-order valence-corrected chi connectivity index (χ1v) is 14.5. The Morgan fingerprint density at radius 1 is 1.03 bits per heavy atom. The lowest BCUT2D eigenvalue weighted by molar-refractivity contribution is 0.0651. The normalized spacial score (nSPS) is 27.6. The molecule has 1 aliphatic heterocycles. The van der Waals surface area contributed by atoms with E-state index < -0.39 is 0 Å². The quantitative estimate of drug-likeness (QED) is 0.179. The van der Waals surface area contributed by atoms with Crippen molar-refractivity contribution in [2.45, 2.75) is 156 Å². The fourth-order valence-electron chi connectivity index (χ4n) is 6.79. The van der Waals surface area contributed by atoms with Gasteiger partial charge in [-0.3, -0.25) is 4.90 Å². The molecule has 1 heterocycles. The van der Waals surface area contributed by atoms with Crippen LogP contribution in [0.3, 0.4) is 0 Å². The molecule has 0 aromatic rings. The van der Waals surface area contributed by atoms with Crippen LogP contribution in [0.2, 0.25) is 0 Å². The maximum atomic E-state index is 4.82. The summed E-state index contributed by atoms with van der Waals surface area (Å²) in [6.07, 6.45) is 20.6. The molecule has 0 aromatic heterocycles. The minimum absolute atomic E-state index is 0.234. The van der Waals surface area contributed by atoms with Crippen LogP contribution in [0.5, 0.6) is 0 Å². The van der Waals surface area contributed by atoms with Gasteiger partial charge in [-0.2, -0.15) is 0 Å². The molecule has 4 atom stereocenters. The highest BCUT2D eigenvalue weighted by atomic mass is 15.3. The van der Waals surface area contributed by atoms with Crippen molar-refractivity contribution < 1.29 is 0 Å². The van der Waals surface area contributed by atoms with E-state index in [-0.39, 0.29) is 5.54 Å². The molecule has 1 nitrogen and oxygen atoms in total. The van der Waals surface area contributed by atoms with Crippen LogP contribution in [-0.2, 0) is 0 Å². The standard InChI is InChI=1S/C31H59N/c1-10-13-14-20-30(8,12-3)21-19-25(4)28(16-11-2)24-31(26(5)27-17-15-18-27)23-22-29(6,7)32(31)9/h25,27-28H,5,10-24H2,1-4,6-9H3. The van der Waals surface area contributed by atoms with Crippen molar-refractivity contribution in [1.82, 2.24) is 4.90 Å². The molecule has 188 valence electrons. The molecule has 0 aromatic carbocycles. The molecule has 32 heavy (non-hydrogen) atoms. The molecule has 1 heteroatoms. The Balaban J connectivity index is 2.13. The van der Waals surface area contributed by atoms with Gasteiger partial charge in [0.1, 0.15) is 0 Å². The van der Waals surface area contributed by atoms with Crippen molar-refractivity contribution in [3.63, 3.8) is 0 Å². The lowest BCUT2D eigenvalue weighted by Gasteiger charge is -2.49. The van der Waals surface area contributed by atoms with E-state index in [9.17, 15) is 0 Å². The average molecular weight is 446 g/mol. The summed E-state index contributed by atoms with van der Waals surface area (Å²) in [5, 5.41) is 0. The van der Waals surface area contributed by atoms with Gasteiger partial charge in [-0.15, -0.1) is 0 Å². The van der Waals surface area contributed by atoms with Crippen molar-refractivity contribution in [2.24, 2.45) is 23.2 Å². The number of unbranched alkanes of at least 4 members (excludes halogenated alkanes) is 2. The number of nitrogens with zero attached hydrogens (tertiary/aromatic N) is 1. The summed E-state index contributed by atoms with van der Waals surface area (Å²) in [7, 11) is 2.42. The monoisotopic (exact) mass is 445 g/mol. The zero-order valence-electron chi connectivity index (χ0n) is 23.5. The van der Waals surface area contributed by atoms with Crippen LogP contribution in [0.4, 0.5) is 0 Å². The number of hydrogen-bond acceptors (Lipinski definition) is 1. The number of likely N-dealkylation sites (N-methyl/N-ethyl adjacent to an activating group) is 1. The van der Waals surface area contributed by atoms with Gasteiger partial charge < -0.3 is 0 Å². The van der Waals surface area contributed by atoms with Gasteiger partial charge in [0.15, 0.2) is 0 Å². The van der Waals surface area contributed by atoms with Crippen LogP contribution in [0.15, 0.2) is 12.2 Å². The van der Waals surface area contributed by atoms with Crippen LogP contribution in [0.25, 0.3) is 0 Å². The number of hydrogen-bond donors (Lipinski definition) is 0. The molecule has 1 saturated carbocycles. The lowest BCUT2D eigenvalue weighted by Crippen LogP contribution is -2.53. The highest BCUT2D eigenvalue weighted by Crippen LogP contribution is 2.53. The first kappa shape index (κ1) is 27.9. The van der Waals surface area contributed by atoms with E-state index in [0.29, 0.717) is 11.0 Å². The van der Waals surface area contributed by atoms with Crippen LogP contribution in [0, 0.1) is 23.2 Å². The van der Waals surface area contributed by atoms with Gasteiger partial charge in [0, 0.05) is 11.1 Å². The Morgan fingerprint density at radius 2 is 1.72 bits per heavy atom. The molecule has 2 fully saturated rings. The highest BCUT2D eigenvalue weighted by Gasteiger charge is 2.52. The molecule has 0 amide bonds. The SMILES string of the molecule is C=C(C1CCC1)C1(CC(CCC)C(C)CCC(C)(CC)CCCCC)CCC(C)(C)N1C. The largest absolute Gasteiger partial charge is 0.292 e. The van der Waals surface area contributed by atoms with Gasteiger partial charge in [-0.05, 0) is 95.4 Å². The van der Waals surface area contributed by atoms with E-state index in [2.05, 4.69) is 60.4 Å². The Kier molecular flexibility index (Phi) is 10.4. The highest BCUT2D eigenvalue weighted by molar-refractivity contribution is 5.26. The van der Waals surface area contributed by atoms with Gasteiger partial charge in [0.25, 0.3) is 0 Å². The minimum atomic E-state index is 0.234. The van der Waals surface area contributed by atoms with E-state index in [1.165, 1.54) is 96.3 Å². The maximum Gasteiger partial charge on any atom is 0.0426 e. The van der Waals surface area contributed by atoms with Crippen molar-refractivity contribution in [2.75, 3.05) is 7.05 Å². The predicted octanol–water partition coefficient (Wildman–Crippen LogP) is 9.80. The molecule has 2 aliphatic rings. The Bertz CT molecular complexity index is 573. The summed E-state index contributed by atoms with van der Waals surface area (Å²) in [5.74, 6) is 2.42. The second-order valence-corrected chi connectivity index (χ2v) is 12.9. The van der Waals surface area contributed by atoms with Gasteiger partial charge >= 0.3 is 0 Å². The van der Waals surface area contributed by atoms with Crippen molar-refractivity contribution >= 4 is 0 Å². The smallest absolute Gasteiger partial charge is 0.0426 e. The van der Waals surface area contributed by atoms with E-state index >= 15 is 0 Å². The zero-order valence-corrected chi connectivity index (χ0v) is 23.5. The Morgan fingerprint density at radius 3 is 2.19 bits per heavy atom. The molecule has 0 spiro atoms. The van der Waals surface area contributed by atoms with Gasteiger partial charge in [-0.1, -0.05) is 91.7 Å². The first-order valence-electron chi connectivity index (χ1n) is 14.5. The number of rotatable bonds is 15. The summed E-state index contributed by atoms with van der Waals surface area (Å²) in [4.78, 5) is 2.77. The molecular weight excluding hydrogens is 386 g/mol. The minimum Gasteiger partial charge on any atom is -0.292 e. The van der Waals surface area contributed by atoms with Crippen molar-refractivity contribution in [3.8, 4) is 0 Å². The molecule has 2 rings (SSSR count). The summed E-state index contributed by atoms with van der Waals surface area (Å²) < 4.78 is 0. The summed E-state index contributed by atoms with van der Waals surface area (Å²) in [5.41, 5.74) is 2.67. The lowest BCUT2D eigenvalue weighted by atomic mass is 9.66. The third-order valence-corrected chi connectivity index (χ3v) is 10.4. The van der Waals surface area contributed by atoms with Gasteiger partial charge in [-0.25, -0.2) is 0 Å². The fourth-order valence-corrected chi connectivity index (χ4v) is 6.79. The third-order valence-electron chi connectivity index (χ3n) is 10.4. The van der Waals surface area contributed by atoms with E-state index in [1.807, 2.05) is 0 Å². The molecule has 4 unspecified atom stereocenters. The average Bonchev–Trinajstić information content (AvgIpc) is 2.95. The Labute approximate surface area is 203 Å². The van der Waals surface area contributed by atoms with Crippen LogP contribution in [0.1, 0.15) is 145 Å². The topological polar surface area (TPSA) is 3.24 Å². The van der Waals surface area contributed by atoms with E-state index in [4.69, 9.17) is 6.58 Å². The van der Waals surface area contributed by atoms with E-state index in [0.717, 1.165) is 17.8 Å². The third kappa shape index (κ3) is 6.43. The van der Waals surface area contributed by atoms with Crippen molar-refractivity contribution in [1.29, 1.82) is 0 Å². The summed E-state index contributed by atoms with van der Waals surface area (Å²) >= 11 is 0. The van der Waals surface area contributed by atoms with Crippen LogP contribution >= 0.6 is 0 Å². The molecule has 1 saturated heterocycles. The molecule has 0 N–H and O–H groups in total. The second-order valence-electron chi connectivity index (χ2n) is 12.9. The van der Waals surface area contributed by atoms with Gasteiger partial charge in [0.05, 0.1) is 0 Å². The van der Waals surface area contributed by atoms with Crippen LogP contribution in [-0.4, -0.2) is 23.0 Å². The number of likely N-dealkylation sites (tertiary alicyclic amines) is 1. The Hall–Kier alpha value is -0.300. The molecule has 0 radical (unpaired) electrons. The van der Waals surface area contributed by atoms with Crippen LogP contribution < -0.4 is 0 Å². The summed E-state index contributed by atoms with van der Waals surface area (Å²) in [6, 6.07) is 0. The van der Waals surface area contributed by atoms with Crippen molar-refractivity contribution in [3.05, 3.63) is 12.2 Å². The fraction of sp³-hybridized carbons (Fsp3) is 0.935. The second kappa shape index (κ2) is 11.9. The predicted molar refractivity (Wildman–Crippen MR) is 144 cm³/mol. The molecular formula is C31H59N. The molecule has 0 bridgehead atoms. The van der Waals surface area contributed by atoms with Gasteiger partial charge in [0.2, 0.25) is 0 Å². The summed E-state index contributed by atoms with van der Waals surface area (Å²) in [6.45, 7) is 22.0. The first-order chi connectivity index (χ1) is 15.0. The zero-order chi connectivity index (χ0) is 24.0. The van der Waals surface area contributed by atoms with E-state index in [1.54, 1.807) is 5.57 Å².